The Morgan fingerprint density at radius 3 is 2.67 bits per heavy atom. The number of rotatable bonds is 7. The molecule has 1 aliphatic rings. The van der Waals surface area contributed by atoms with Crippen LogP contribution in [0.5, 0.6) is 5.75 Å². The molecule has 0 saturated carbocycles. The number of benzene rings is 1. The third-order valence-electron chi connectivity index (χ3n) is 4.62. The van der Waals surface area contributed by atoms with Crippen LogP contribution in [0.4, 0.5) is 5.69 Å². The van der Waals surface area contributed by atoms with E-state index in [1.165, 1.54) is 0 Å². The van der Waals surface area contributed by atoms with E-state index in [1.54, 1.807) is 15.8 Å². The Bertz CT molecular complexity index is 798. The standard InChI is InChI=1S/C20H26N4O3/c1-14(2)27-18-6-4-17(5-7-18)24-13-15(12-19(24)25)20(26)21-10-8-16-9-11-22-23(16)3/h4-7,9,11,14-15H,8,10,12-13H2,1-3H3,(H,21,26). The van der Waals surface area contributed by atoms with Gasteiger partial charge >= 0.3 is 0 Å². The van der Waals surface area contributed by atoms with Gasteiger partial charge in [-0.2, -0.15) is 5.10 Å². The van der Waals surface area contributed by atoms with Gasteiger partial charge in [0.25, 0.3) is 0 Å². The van der Waals surface area contributed by atoms with Gasteiger partial charge in [0.05, 0.1) is 12.0 Å². The number of nitrogens with zero attached hydrogens (tertiary/aromatic N) is 3. The molecule has 2 heterocycles. The van der Waals surface area contributed by atoms with Crippen LogP contribution in [0.3, 0.4) is 0 Å². The number of aryl methyl sites for hydroxylation is 1. The van der Waals surface area contributed by atoms with E-state index in [-0.39, 0.29) is 30.3 Å². The molecule has 1 atom stereocenters. The topological polar surface area (TPSA) is 76.5 Å². The maximum atomic E-state index is 12.4. The Morgan fingerprint density at radius 1 is 1.30 bits per heavy atom. The van der Waals surface area contributed by atoms with E-state index in [4.69, 9.17) is 4.74 Å². The molecule has 1 fully saturated rings. The maximum Gasteiger partial charge on any atom is 0.227 e. The van der Waals surface area contributed by atoms with Gasteiger partial charge in [0.15, 0.2) is 0 Å². The molecule has 1 aromatic heterocycles. The van der Waals surface area contributed by atoms with Crippen molar-refractivity contribution in [2.45, 2.75) is 32.8 Å². The van der Waals surface area contributed by atoms with Crippen molar-refractivity contribution >= 4 is 17.5 Å². The van der Waals surface area contributed by atoms with Gasteiger partial charge in [0.1, 0.15) is 5.75 Å². The second kappa shape index (κ2) is 8.24. The minimum absolute atomic E-state index is 0.0284. The number of amides is 2. The normalized spacial score (nSPS) is 16.8. The van der Waals surface area contributed by atoms with Crippen molar-refractivity contribution in [3.05, 3.63) is 42.2 Å². The van der Waals surface area contributed by atoms with E-state index >= 15 is 0 Å². The third kappa shape index (κ3) is 4.67. The molecule has 1 N–H and O–H groups in total. The molecule has 7 nitrogen and oxygen atoms in total. The Balaban J connectivity index is 1.53. The average molecular weight is 370 g/mol. The first-order valence-electron chi connectivity index (χ1n) is 9.25. The molecule has 7 heteroatoms. The second-order valence-electron chi connectivity index (χ2n) is 7.05. The fourth-order valence-electron chi connectivity index (χ4n) is 3.21. The van der Waals surface area contributed by atoms with E-state index in [0.29, 0.717) is 19.5 Å². The Labute approximate surface area is 159 Å². The summed E-state index contributed by atoms with van der Waals surface area (Å²) in [5.41, 5.74) is 1.85. The van der Waals surface area contributed by atoms with Crippen molar-refractivity contribution in [3.63, 3.8) is 0 Å². The fraction of sp³-hybridized carbons (Fsp3) is 0.450. The molecule has 27 heavy (non-hydrogen) atoms. The first-order valence-corrected chi connectivity index (χ1v) is 9.25. The fourth-order valence-corrected chi connectivity index (χ4v) is 3.21. The zero-order chi connectivity index (χ0) is 19.4. The summed E-state index contributed by atoms with van der Waals surface area (Å²) in [6.07, 6.45) is 2.79. The Hall–Kier alpha value is -2.83. The summed E-state index contributed by atoms with van der Waals surface area (Å²) >= 11 is 0. The third-order valence-corrected chi connectivity index (χ3v) is 4.62. The molecular formula is C20H26N4O3. The molecule has 1 unspecified atom stereocenters. The van der Waals surface area contributed by atoms with Gasteiger partial charge in [0.2, 0.25) is 11.8 Å². The van der Waals surface area contributed by atoms with Gasteiger partial charge in [-0.3, -0.25) is 14.3 Å². The van der Waals surface area contributed by atoms with E-state index in [0.717, 1.165) is 17.1 Å². The quantitative estimate of drug-likeness (QED) is 0.808. The van der Waals surface area contributed by atoms with E-state index in [9.17, 15) is 9.59 Å². The minimum Gasteiger partial charge on any atom is -0.491 e. The SMILES string of the molecule is CC(C)Oc1ccc(N2CC(C(=O)NCCc3ccnn3C)CC2=O)cc1. The average Bonchev–Trinajstić information content (AvgIpc) is 3.21. The van der Waals surface area contributed by atoms with Gasteiger partial charge in [0, 0.05) is 50.6 Å². The summed E-state index contributed by atoms with van der Waals surface area (Å²) < 4.78 is 7.42. The Kier molecular flexibility index (Phi) is 5.78. The predicted octanol–water partition coefficient (Wildman–Crippen LogP) is 1.92. The van der Waals surface area contributed by atoms with Crippen molar-refractivity contribution in [2.75, 3.05) is 18.0 Å². The summed E-state index contributed by atoms with van der Waals surface area (Å²) in [4.78, 5) is 26.5. The number of ether oxygens (including phenoxy) is 1. The smallest absolute Gasteiger partial charge is 0.227 e. The van der Waals surface area contributed by atoms with Gasteiger partial charge in [-0.1, -0.05) is 0 Å². The zero-order valence-electron chi connectivity index (χ0n) is 16.0. The second-order valence-corrected chi connectivity index (χ2v) is 7.05. The predicted molar refractivity (Wildman–Crippen MR) is 103 cm³/mol. The number of carbonyl (C=O) groups is 2. The van der Waals surface area contributed by atoms with Crippen LogP contribution in [-0.2, 0) is 23.1 Å². The van der Waals surface area contributed by atoms with Crippen LogP contribution in [0.25, 0.3) is 0 Å². The number of carbonyl (C=O) groups excluding carboxylic acids is 2. The van der Waals surface area contributed by atoms with Gasteiger partial charge in [-0.25, -0.2) is 0 Å². The highest BCUT2D eigenvalue weighted by molar-refractivity contribution is 6.00. The van der Waals surface area contributed by atoms with Crippen LogP contribution in [0.1, 0.15) is 26.0 Å². The molecule has 3 rings (SSSR count). The summed E-state index contributed by atoms with van der Waals surface area (Å²) in [6, 6.07) is 9.35. The summed E-state index contributed by atoms with van der Waals surface area (Å²) in [7, 11) is 1.88. The summed E-state index contributed by atoms with van der Waals surface area (Å²) in [5.74, 6) is 0.340. The van der Waals surface area contributed by atoms with Gasteiger partial charge in [-0.05, 0) is 44.2 Å². The zero-order valence-corrected chi connectivity index (χ0v) is 16.0. The van der Waals surface area contributed by atoms with Crippen LogP contribution < -0.4 is 15.0 Å². The number of nitrogens with one attached hydrogen (secondary N) is 1. The molecular weight excluding hydrogens is 344 g/mol. The first kappa shape index (κ1) is 18.9. The minimum atomic E-state index is -0.323. The van der Waals surface area contributed by atoms with Crippen LogP contribution in [0, 0.1) is 5.92 Å². The van der Waals surface area contributed by atoms with E-state index < -0.39 is 0 Å². The molecule has 1 aromatic carbocycles. The monoisotopic (exact) mass is 370 g/mol. The first-order chi connectivity index (χ1) is 12.9. The van der Waals surface area contributed by atoms with Crippen LogP contribution in [0.2, 0.25) is 0 Å². The number of anilines is 1. The number of aromatic nitrogens is 2. The highest BCUT2D eigenvalue weighted by Gasteiger charge is 2.34. The summed E-state index contributed by atoms with van der Waals surface area (Å²) in [5, 5.41) is 7.05. The molecule has 0 radical (unpaired) electrons. The summed E-state index contributed by atoms with van der Waals surface area (Å²) in [6.45, 7) is 4.87. The lowest BCUT2D eigenvalue weighted by Crippen LogP contribution is -2.34. The molecule has 1 saturated heterocycles. The lowest BCUT2D eigenvalue weighted by Gasteiger charge is -2.18. The van der Waals surface area contributed by atoms with E-state index in [1.807, 2.05) is 51.2 Å². The highest BCUT2D eigenvalue weighted by atomic mass is 16.5. The van der Waals surface area contributed by atoms with Crippen molar-refractivity contribution in [2.24, 2.45) is 13.0 Å². The molecule has 144 valence electrons. The molecule has 1 aliphatic heterocycles. The molecule has 2 amide bonds. The van der Waals surface area contributed by atoms with Crippen molar-refractivity contribution in [1.82, 2.24) is 15.1 Å². The van der Waals surface area contributed by atoms with E-state index in [2.05, 4.69) is 10.4 Å². The van der Waals surface area contributed by atoms with Crippen molar-refractivity contribution in [1.29, 1.82) is 0 Å². The van der Waals surface area contributed by atoms with Crippen molar-refractivity contribution < 1.29 is 14.3 Å². The lowest BCUT2D eigenvalue weighted by atomic mass is 10.1. The van der Waals surface area contributed by atoms with Crippen LogP contribution >= 0.6 is 0 Å². The van der Waals surface area contributed by atoms with Crippen molar-refractivity contribution in [3.8, 4) is 5.75 Å². The number of hydrogen-bond acceptors (Lipinski definition) is 4. The Morgan fingerprint density at radius 2 is 2.04 bits per heavy atom. The van der Waals surface area contributed by atoms with Gasteiger partial charge in [-0.15, -0.1) is 0 Å². The lowest BCUT2D eigenvalue weighted by molar-refractivity contribution is -0.126. The maximum absolute atomic E-state index is 12.4. The molecule has 0 aliphatic carbocycles. The highest BCUT2D eigenvalue weighted by Crippen LogP contribution is 2.27. The van der Waals surface area contributed by atoms with Gasteiger partial charge < -0.3 is 15.0 Å². The number of hydrogen-bond donors (Lipinski definition) is 1. The van der Waals surface area contributed by atoms with Crippen LogP contribution in [0.15, 0.2) is 36.5 Å². The molecule has 2 aromatic rings. The molecule has 0 bridgehead atoms. The molecule has 0 spiro atoms. The largest absolute Gasteiger partial charge is 0.491 e. The van der Waals surface area contributed by atoms with Crippen LogP contribution in [-0.4, -0.2) is 40.8 Å².